The van der Waals surface area contributed by atoms with Crippen molar-refractivity contribution < 1.29 is 43.9 Å². The molecule has 14 nitrogen and oxygen atoms in total. The van der Waals surface area contributed by atoms with E-state index in [1.54, 1.807) is 20.8 Å². The van der Waals surface area contributed by atoms with Crippen molar-refractivity contribution in [1.29, 1.82) is 0 Å². The maximum absolute atomic E-state index is 13.5. The average Bonchev–Trinajstić information content (AvgIpc) is 3.31. The fourth-order valence-corrected chi connectivity index (χ4v) is 6.05. The fraction of sp³-hybridized carbons (Fsp3) is 0.423. The second-order valence-electron chi connectivity index (χ2n) is 10.7. The first-order valence-corrected chi connectivity index (χ1v) is 14.5. The van der Waals surface area contributed by atoms with Crippen molar-refractivity contribution in [3.63, 3.8) is 0 Å². The number of aliphatic carboxylic acids is 1. The molecule has 0 unspecified atom stereocenters. The van der Waals surface area contributed by atoms with Crippen LogP contribution in [0.2, 0.25) is 0 Å². The lowest BCUT2D eigenvalue weighted by molar-refractivity contribution is -0.689. The molecule has 0 bridgehead atoms. The van der Waals surface area contributed by atoms with Crippen LogP contribution in [-0.4, -0.2) is 78.8 Å². The molecule has 0 aromatic carbocycles. The Balaban J connectivity index is 0.00000484. The molecule has 0 radical (unpaired) electrons. The number of carbonyl (C=O) groups is 4. The predicted octanol–water partition coefficient (Wildman–Crippen LogP) is 1.61. The summed E-state index contributed by atoms with van der Waals surface area (Å²) in [6.07, 6.45) is 4.45. The van der Waals surface area contributed by atoms with Gasteiger partial charge in [-0.3, -0.25) is 19.4 Å². The fourth-order valence-electron chi connectivity index (χ4n) is 4.14. The zero-order valence-corrected chi connectivity index (χ0v) is 25.2. The molecular formula is C26H32N6O8S2. The van der Waals surface area contributed by atoms with E-state index >= 15 is 0 Å². The van der Waals surface area contributed by atoms with E-state index in [1.165, 1.54) is 35.9 Å². The largest absolute Gasteiger partial charge is 0.870 e. The summed E-state index contributed by atoms with van der Waals surface area (Å²) in [5.74, 6) is -2.82. The number of amides is 2. The number of rotatable bonds is 9. The molecule has 2 aromatic rings. The van der Waals surface area contributed by atoms with E-state index in [0.717, 1.165) is 22.5 Å². The summed E-state index contributed by atoms with van der Waals surface area (Å²) in [5.41, 5.74) is 4.01. The molecule has 4 heterocycles. The Morgan fingerprint density at radius 1 is 1.24 bits per heavy atom. The van der Waals surface area contributed by atoms with Crippen LogP contribution in [0.1, 0.15) is 34.6 Å². The molecule has 2 aliphatic heterocycles. The Kier molecular flexibility index (Phi) is 9.64. The molecule has 42 heavy (non-hydrogen) atoms. The van der Waals surface area contributed by atoms with Crippen LogP contribution in [0.3, 0.4) is 0 Å². The first-order chi connectivity index (χ1) is 19.2. The molecule has 2 amide bonds. The number of oxime groups is 1. The number of anilines is 2. The van der Waals surface area contributed by atoms with Crippen molar-refractivity contribution >= 4 is 64.0 Å². The molecule has 226 valence electrons. The summed E-state index contributed by atoms with van der Waals surface area (Å²) in [5, 5.41) is 14.7. The van der Waals surface area contributed by atoms with E-state index in [-0.39, 0.29) is 22.1 Å². The number of pyridine rings is 1. The lowest BCUT2D eigenvalue weighted by Crippen LogP contribution is -2.72. The van der Waals surface area contributed by atoms with E-state index in [1.807, 2.05) is 35.2 Å². The third-order valence-corrected chi connectivity index (χ3v) is 7.97. The Hall–Kier alpha value is -4.02. The number of fused-ring (bicyclic) bond motifs is 1. The third-order valence-electron chi connectivity index (χ3n) is 5.98. The lowest BCUT2D eigenvalue weighted by Gasteiger charge is -2.51. The first kappa shape index (κ1) is 32.5. The number of β-lactam (4-membered cyclic amide) rings is 1. The van der Waals surface area contributed by atoms with Gasteiger partial charge < -0.3 is 25.9 Å². The molecule has 0 saturated carbocycles. The molecule has 0 spiro atoms. The van der Waals surface area contributed by atoms with Gasteiger partial charge in [-0.05, 0) is 34.6 Å². The molecule has 0 aliphatic carbocycles. The number of esters is 1. The lowest BCUT2D eigenvalue weighted by atomic mass is 10.0. The number of aromatic nitrogens is 2. The molecule has 1 saturated heterocycles. The molecule has 4 N–H and O–H groups in total. The van der Waals surface area contributed by atoms with Crippen molar-refractivity contribution in [2.75, 3.05) is 16.4 Å². The number of carboxylic acid groups (broad SMARTS) is 1. The molecule has 4 rings (SSSR count). The highest BCUT2D eigenvalue weighted by Crippen LogP contribution is 2.43. The number of thiazole rings is 1. The number of nitrogens with two attached hydrogens (primary N) is 1. The molecule has 2 aliphatic rings. The average molecular weight is 621 g/mol. The van der Waals surface area contributed by atoms with Crippen molar-refractivity contribution in [3.05, 3.63) is 47.2 Å². The third kappa shape index (κ3) is 6.88. The minimum absolute atomic E-state index is 0. The Morgan fingerprint density at radius 3 is 2.48 bits per heavy atom. The van der Waals surface area contributed by atoms with E-state index in [9.17, 15) is 24.3 Å². The maximum Gasteiger partial charge on any atom is 0.353 e. The first-order valence-electron chi connectivity index (χ1n) is 12.5. The zero-order chi connectivity index (χ0) is 30.1. The number of nitrogens with zero attached hydrogens (tertiary/aromatic N) is 5. The van der Waals surface area contributed by atoms with Gasteiger partial charge in [0.05, 0.1) is 0 Å². The van der Waals surface area contributed by atoms with Crippen LogP contribution in [0.5, 0.6) is 0 Å². The van der Waals surface area contributed by atoms with Crippen LogP contribution >= 0.6 is 23.1 Å². The van der Waals surface area contributed by atoms with Gasteiger partial charge in [-0.25, -0.2) is 19.1 Å². The molecule has 1 fully saturated rings. The smallest absolute Gasteiger partial charge is 0.353 e. The molecular weight excluding hydrogens is 588 g/mol. The van der Waals surface area contributed by atoms with Gasteiger partial charge in [0.15, 0.2) is 24.1 Å². The zero-order valence-electron chi connectivity index (χ0n) is 23.6. The Labute approximate surface area is 250 Å². The van der Waals surface area contributed by atoms with Crippen molar-refractivity contribution in [3.8, 4) is 0 Å². The van der Waals surface area contributed by atoms with Crippen LogP contribution in [-0.2, 0) is 35.3 Å². The summed E-state index contributed by atoms with van der Waals surface area (Å²) < 4.78 is 7.15. The Bertz CT molecular complexity index is 1420. The van der Waals surface area contributed by atoms with Gasteiger partial charge in [-0.1, -0.05) is 11.2 Å². The maximum atomic E-state index is 13.5. The summed E-state index contributed by atoms with van der Waals surface area (Å²) in [4.78, 5) is 63.5. The molecule has 16 heteroatoms. The van der Waals surface area contributed by atoms with Crippen LogP contribution in [0, 0.1) is 0 Å². The highest BCUT2D eigenvalue weighted by molar-refractivity contribution is 8.00. The molecule has 2 aromatic heterocycles. The van der Waals surface area contributed by atoms with E-state index in [4.69, 9.17) is 15.3 Å². The van der Waals surface area contributed by atoms with Gasteiger partial charge in [0.1, 0.15) is 34.7 Å². The van der Waals surface area contributed by atoms with Gasteiger partial charge in [0.2, 0.25) is 5.60 Å². The quantitative estimate of drug-likeness (QED) is 0.136. The Morgan fingerprint density at radius 2 is 1.90 bits per heavy atom. The highest BCUT2D eigenvalue weighted by atomic mass is 32.2. The van der Waals surface area contributed by atoms with Gasteiger partial charge in [-0.2, -0.15) is 0 Å². The number of ether oxygens (including phenoxy) is 1. The van der Waals surface area contributed by atoms with Crippen molar-refractivity contribution in [1.82, 2.24) is 9.88 Å². The van der Waals surface area contributed by atoms with E-state index in [0.29, 0.717) is 17.9 Å². The second kappa shape index (κ2) is 12.5. The highest BCUT2D eigenvalue weighted by Gasteiger charge is 2.58. The minimum Gasteiger partial charge on any atom is -0.870 e. The van der Waals surface area contributed by atoms with Crippen LogP contribution < -0.4 is 15.2 Å². The van der Waals surface area contributed by atoms with Gasteiger partial charge in [0, 0.05) is 28.8 Å². The normalized spacial score (nSPS) is 18.6. The van der Waals surface area contributed by atoms with Crippen LogP contribution in [0.15, 0.2) is 52.4 Å². The van der Waals surface area contributed by atoms with E-state index in [2.05, 4.69) is 10.1 Å². The van der Waals surface area contributed by atoms with Crippen LogP contribution in [0.25, 0.3) is 0 Å². The summed E-state index contributed by atoms with van der Waals surface area (Å²) in [7, 11) is 0. The van der Waals surface area contributed by atoms with Crippen LogP contribution in [0.4, 0.5) is 10.9 Å². The monoisotopic (exact) mass is 620 g/mol. The summed E-state index contributed by atoms with van der Waals surface area (Å²) in [6.45, 7) is 8.31. The number of hydrogen-bond acceptors (Lipinski definition) is 12. The number of hydrogen-bond donors (Lipinski definition) is 2. The minimum atomic E-state index is -1.50. The predicted molar refractivity (Wildman–Crippen MR) is 154 cm³/mol. The standard InChI is InChI=1S/C26H30N6O7S2.H2O/c1-25(2,3)38-23(37)26(4,5)39-28-11-17(33)31(16-14-41-24(27)29-16)19-20(34)32-18(22(35)36)15(13-40-21(19)32)12-30-9-7-6-8-10-30;/h6-11,14,19,21H,12-13H2,1-5H3,(H2-,27,29,35,36);1H2/t19-,21-;/m1./s1. The van der Waals surface area contributed by atoms with Crippen molar-refractivity contribution in [2.24, 2.45) is 5.16 Å². The van der Waals surface area contributed by atoms with Crippen molar-refractivity contribution in [2.45, 2.75) is 63.8 Å². The van der Waals surface area contributed by atoms with Gasteiger partial charge in [0.25, 0.3) is 11.8 Å². The number of nitrogen functional groups attached to an aromatic ring is 1. The van der Waals surface area contributed by atoms with E-state index < -0.39 is 46.4 Å². The molecule has 2 atom stereocenters. The van der Waals surface area contributed by atoms with Gasteiger partial charge >= 0.3 is 11.9 Å². The number of thioether (sulfide) groups is 1. The number of carboxylic acids is 1. The topological polar surface area (TPSA) is 199 Å². The summed E-state index contributed by atoms with van der Waals surface area (Å²) >= 11 is 2.42. The van der Waals surface area contributed by atoms with Gasteiger partial charge in [-0.15, -0.1) is 23.1 Å². The SMILES string of the molecule is CC(C)(C)OC(=O)C(C)(C)ON=CC(=O)N(c1csc(N)n1)[C@@H]1C(=O)N2C(C(=O)O)=C(C[n+]3ccccc3)CS[C@H]12.[OH-]. The summed E-state index contributed by atoms with van der Waals surface area (Å²) in [6, 6.07) is 4.43. The number of carbonyl (C=O) groups excluding carboxylic acids is 3. The second-order valence-corrected chi connectivity index (χ2v) is 12.7.